The van der Waals surface area contributed by atoms with Gasteiger partial charge in [-0.3, -0.25) is 4.79 Å². The average molecular weight is 234 g/mol. The molecule has 0 aromatic rings. The van der Waals surface area contributed by atoms with E-state index in [-0.39, 0.29) is 23.8 Å². The molecule has 0 unspecified atom stereocenters. The van der Waals surface area contributed by atoms with Gasteiger partial charge in [0, 0.05) is 6.54 Å². The fraction of sp³-hybridized carbons (Fsp3) is 0.909. The van der Waals surface area contributed by atoms with Crippen LogP contribution in [0.25, 0.3) is 0 Å². The predicted octanol–water partition coefficient (Wildman–Crippen LogP) is 1.88. The number of esters is 1. The van der Waals surface area contributed by atoms with Gasteiger partial charge < -0.3 is 10.5 Å². The number of hydrogen-bond donors (Lipinski definition) is 1. The van der Waals surface area contributed by atoms with Crippen molar-refractivity contribution >= 4 is 18.4 Å². The zero-order valence-electron chi connectivity index (χ0n) is 9.25. The van der Waals surface area contributed by atoms with Gasteiger partial charge in [-0.1, -0.05) is 6.42 Å². The minimum absolute atomic E-state index is 0. The number of hydrogen-bond acceptors (Lipinski definition) is 3. The van der Waals surface area contributed by atoms with Gasteiger partial charge in [0.1, 0.15) is 0 Å². The molecule has 0 aromatic carbocycles. The molecule has 0 heterocycles. The SMILES string of the molecule is CCOC(=O)C1(CN)CC2(CCC2)C1.Cl. The lowest BCUT2D eigenvalue weighted by atomic mass is 9.45. The number of rotatable bonds is 3. The van der Waals surface area contributed by atoms with Crippen molar-refractivity contribution in [3.05, 3.63) is 0 Å². The number of nitrogens with two attached hydrogens (primary N) is 1. The molecule has 2 fully saturated rings. The van der Waals surface area contributed by atoms with Crippen molar-refractivity contribution in [1.82, 2.24) is 0 Å². The number of halogens is 1. The Bertz CT molecular complexity index is 243. The summed E-state index contributed by atoms with van der Waals surface area (Å²) in [7, 11) is 0. The summed E-state index contributed by atoms with van der Waals surface area (Å²) in [6.07, 6.45) is 5.83. The summed E-state index contributed by atoms with van der Waals surface area (Å²) >= 11 is 0. The third-order valence-electron chi connectivity index (χ3n) is 3.94. The quantitative estimate of drug-likeness (QED) is 0.758. The van der Waals surface area contributed by atoms with Crippen LogP contribution in [-0.4, -0.2) is 19.1 Å². The lowest BCUT2D eigenvalue weighted by Gasteiger charge is -2.59. The van der Waals surface area contributed by atoms with Crippen LogP contribution in [0.5, 0.6) is 0 Å². The monoisotopic (exact) mass is 233 g/mol. The van der Waals surface area contributed by atoms with Crippen molar-refractivity contribution < 1.29 is 9.53 Å². The maximum atomic E-state index is 11.7. The molecule has 3 nitrogen and oxygen atoms in total. The maximum absolute atomic E-state index is 11.7. The minimum Gasteiger partial charge on any atom is -0.466 e. The van der Waals surface area contributed by atoms with Gasteiger partial charge in [0.25, 0.3) is 0 Å². The van der Waals surface area contributed by atoms with Crippen molar-refractivity contribution in [1.29, 1.82) is 0 Å². The Hall–Kier alpha value is -0.280. The smallest absolute Gasteiger partial charge is 0.313 e. The Morgan fingerprint density at radius 3 is 2.33 bits per heavy atom. The van der Waals surface area contributed by atoms with E-state index in [1.807, 2.05) is 6.92 Å². The number of carbonyl (C=O) groups excluding carboxylic acids is 1. The molecule has 2 N–H and O–H groups in total. The van der Waals surface area contributed by atoms with Gasteiger partial charge in [-0.15, -0.1) is 12.4 Å². The summed E-state index contributed by atoms with van der Waals surface area (Å²) in [6.45, 7) is 2.76. The number of ether oxygens (including phenoxy) is 1. The average Bonchev–Trinajstić information content (AvgIpc) is 2.01. The van der Waals surface area contributed by atoms with Gasteiger partial charge in [0.05, 0.1) is 12.0 Å². The molecule has 0 bridgehead atoms. The van der Waals surface area contributed by atoms with Gasteiger partial charge in [-0.2, -0.15) is 0 Å². The highest BCUT2D eigenvalue weighted by molar-refractivity contribution is 5.85. The normalized spacial score (nSPS) is 24.7. The first-order valence-electron chi connectivity index (χ1n) is 5.54. The van der Waals surface area contributed by atoms with Crippen LogP contribution in [0.3, 0.4) is 0 Å². The summed E-state index contributed by atoms with van der Waals surface area (Å²) in [4.78, 5) is 11.7. The first-order valence-corrected chi connectivity index (χ1v) is 5.54. The van der Waals surface area contributed by atoms with E-state index in [1.165, 1.54) is 19.3 Å². The molecular formula is C11H20ClNO2. The van der Waals surface area contributed by atoms with Crippen molar-refractivity contribution in [3.8, 4) is 0 Å². The molecule has 2 aliphatic carbocycles. The third-order valence-corrected chi connectivity index (χ3v) is 3.94. The molecule has 1 spiro atoms. The van der Waals surface area contributed by atoms with Crippen LogP contribution in [0.1, 0.15) is 39.0 Å². The molecule has 2 rings (SSSR count). The minimum atomic E-state index is -0.323. The van der Waals surface area contributed by atoms with Gasteiger partial charge in [0.15, 0.2) is 0 Å². The summed E-state index contributed by atoms with van der Waals surface area (Å²) < 4.78 is 5.08. The van der Waals surface area contributed by atoms with Gasteiger partial charge in [0.2, 0.25) is 0 Å². The zero-order chi connectivity index (χ0) is 10.2. The lowest BCUT2D eigenvalue weighted by molar-refractivity contribution is -0.178. The van der Waals surface area contributed by atoms with Gasteiger partial charge in [-0.05, 0) is 38.0 Å². The first kappa shape index (κ1) is 12.8. The van der Waals surface area contributed by atoms with Crippen molar-refractivity contribution in [2.24, 2.45) is 16.6 Å². The van der Waals surface area contributed by atoms with E-state index in [4.69, 9.17) is 10.5 Å². The summed E-state index contributed by atoms with van der Waals surface area (Å²) in [5, 5.41) is 0. The molecule has 2 aliphatic rings. The molecule has 0 radical (unpaired) electrons. The largest absolute Gasteiger partial charge is 0.466 e. The second kappa shape index (κ2) is 4.30. The second-order valence-corrected chi connectivity index (χ2v) is 4.91. The van der Waals surface area contributed by atoms with E-state index in [0.29, 0.717) is 18.6 Å². The maximum Gasteiger partial charge on any atom is 0.313 e. The van der Waals surface area contributed by atoms with Crippen LogP contribution in [-0.2, 0) is 9.53 Å². The fourth-order valence-corrected chi connectivity index (χ4v) is 3.07. The number of carbonyl (C=O) groups is 1. The lowest BCUT2D eigenvalue weighted by Crippen LogP contribution is -2.58. The molecule has 2 saturated carbocycles. The van der Waals surface area contributed by atoms with E-state index >= 15 is 0 Å². The zero-order valence-corrected chi connectivity index (χ0v) is 10.1. The van der Waals surface area contributed by atoms with E-state index in [1.54, 1.807) is 0 Å². The van der Waals surface area contributed by atoms with E-state index in [0.717, 1.165) is 12.8 Å². The standard InChI is InChI=1S/C11H19NO2.ClH/c1-2-14-9(13)11(8-12)6-10(7-11)4-3-5-10;/h2-8,12H2,1H3;1H. The highest BCUT2D eigenvalue weighted by Crippen LogP contribution is 2.64. The molecule has 0 aliphatic heterocycles. The summed E-state index contributed by atoms with van der Waals surface area (Å²) in [6, 6.07) is 0. The first-order chi connectivity index (χ1) is 6.66. The van der Waals surface area contributed by atoms with Gasteiger partial charge in [-0.25, -0.2) is 0 Å². The second-order valence-electron chi connectivity index (χ2n) is 4.91. The van der Waals surface area contributed by atoms with E-state index in [9.17, 15) is 4.79 Å². The molecule has 88 valence electrons. The Labute approximate surface area is 97.1 Å². The van der Waals surface area contributed by atoms with Crippen molar-refractivity contribution in [3.63, 3.8) is 0 Å². The molecular weight excluding hydrogens is 214 g/mol. The molecule has 0 amide bonds. The topological polar surface area (TPSA) is 52.3 Å². The Morgan fingerprint density at radius 2 is 2.00 bits per heavy atom. The van der Waals surface area contributed by atoms with Crippen molar-refractivity contribution in [2.45, 2.75) is 39.0 Å². The van der Waals surface area contributed by atoms with Crippen LogP contribution in [0, 0.1) is 10.8 Å². The molecule has 4 heteroatoms. The molecule has 0 saturated heterocycles. The van der Waals surface area contributed by atoms with Crippen LogP contribution in [0.15, 0.2) is 0 Å². The Morgan fingerprint density at radius 1 is 1.40 bits per heavy atom. The van der Waals surface area contributed by atoms with Crippen LogP contribution < -0.4 is 5.73 Å². The highest BCUT2D eigenvalue weighted by atomic mass is 35.5. The van der Waals surface area contributed by atoms with E-state index in [2.05, 4.69) is 0 Å². The molecule has 15 heavy (non-hydrogen) atoms. The third kappa shape index (κ3) is 1.87. The van der Waals surface area contributed by atoms with Crippen LogP contribution in [0.4, 0.5) is 0 Å². The molecule has 0 atom stereocenters. The summed E-state index contributed by atoms with van der Waals surface area (Å²) in [5.41, 5.74) is 5.85. The Balaban J connectivity index is 0.00000112. The predicted molar refractivity (Wildman–Crippen MR) is 60.9 cm³/mol. The highest BCUT2D eigenvalue weighted by Gasteiger charge is 2.60. The summed E-state index contributed by atoms with van der Waals surface area (Å²) in [5.74, 6) is -0.0694. The van der Waals surface area contributed by atoms with Gasteiger partial charge >= 0.3 is 5.97 Å². The van der Waals surface area contributed by atoms with Crippen LogP contribution in [0.2, 0.25) is 0 Å². The Kier molecular flexibility index (Phi) is 3.67. The fourth-order valence-electron chi connectivity index (χ4n) is 3.07. The van der Waals surface area contributed by atoms with Crippen molar-refractivity contribution in [2.75, 3.05) is 13.2 Å². The van der Waals surface area contributed by atoms with E-state index < -0.39 is 0 Å². The molecule has 0 aromatic heterocycles. The van der Waals surface area contributed by atoms with Crippen LogP contribution >= 0.6 is 12.4 Å².